The van der Waals surface area contributed by atoms with Crippen molar-refractivity contribution in [1.82, 2.24) is 4.98 Å². The second kappa shape index (κ2) is 5.26. The molecule has 0 saturated heterocycles. The number of allylic oxidation sites excluding steroid dienone is 5. The highest BCUT2D eigenvalue weighted by Gasteiger charge is 2.47. The summed E-state index contributed by atoms with van der Waals surface area (Å²) in [6.45, 7) is 3.81. The summed E-state index contributed by atoms with van der Waals surface area (Å²) in [7, 11) is 3.76. The predicted octanol–water partition coefficient (Wildman–Crippen LogP) is 2.44. The van der Waals surface area contributed by atoms with Crippen LogP contribution >= 0.6 is 0 Å². The first-order chi connectivity index (χ1) is 10.8. The average molecular weight is 313 g/mol. The van der Waals surface area contributed by atoms with Crippen molar-refractivity contribution in [3.8, 4) is 0 Å². The molecule has 5 heteroatoms. The Morgan fingerprint density at radius 3 is 2.39 bits per heavy atom. The van der Waals surface area contributed by atoms with Gasteiger partial charge in [-0.1, -0.05) is 6.08 Å². The molecule has 0 amide bonds. The lowest BCUT2D eigenvalue weighted by molar-refractivity contribution is -0.462. The van der Waals surface area contributed by atoms with E-state index in [1.165, 1.54) is 0 Å². The zero-order chi connectivity index (χ0) is 16.9. The van der Waals surface area contributed by atoms with E-state index in [1.54, 1.807) is 12.2 Å². The highest BCUT2D eigenvalue weighted by atomic mass is 16.3. The maximum absolute atomic E-state index is 12.6. The summed E-state index contributed by atoms with van der Waals surface area (Å²) in [5.41, 5.74) is 3.73. The maximum Gasteiger partial charge on any atom is 0.202 e. The summed E-state index contributed by atoms with van der Waals surface area (Å²) < 4.78 is 1.87. The molecule has 5 nitrogen and oxygen atoms in total. The molecule has 1 aromatic rings. The van der Waals surface area contributed by atoms with E-state index in [4.69, 9.17) is 0 Å². The van der Waals surface area contributed by atoms with Crippen LogP contribution in [0.3, 0.4) is 0 Å². The molecule has 23 heavy (non-hydrogen) atoms. The standard InChI is InChI=1S/C18H20N2O3/c1-9-7-10(2)19-16(9)15-17(22)14(18(15)23)12-6-5-11(20(3)4)8-13(12)21/h5-8,12,14,19H,1-4H3,(H,22,23)/p+1. The number of rotatable bonds is 2. The quantitative estimate of drug-likeness (QED) is 0.734. The molecule has 0 saturated carbocycles. The van der Waals surface area contributed by atoms with E-state index in [9.17, 15) is 15.0 Å². The molecule has 3 rings (SSSR count). The number of ketones is 1. The van der Waals surface area contributed by atoms with Crippen LogP contribution in [0.5, 0.6) is 0 Å². The minimum atomic E-state index is -0.704. The average Bonchev–Trinajstić information content (AvgIpc) is 2.79. The monoisotopic (exact) mass is 313 g/mol. The summed E-state index contributed by atoms with van der Waals surface area (Å²) in [5.74, 6) is -1.21. The lowest BCUT2D eigenvalue weighted by atomic mass is 9.71. The van der Waals surface area contributed by atoms with Gasteiger partial charge in [-0.25, -0.2) is 4.58 Å². The molecule has 2 unspecified atom stereocenters. The highest BCUT2D eigenvalue weighted by Crippen LogP contribution is 2.44. The zero-order valence-electron chi connectivity index (χ0n) is 13.7. The molecular weight excluding hydrogens is 292 g/mol. The number of H-pyrrole nitrogens is 1. The number of Topliss-reactive ketones (excluding diaryl/α,β-unsaturated/α-hetero) is 1. The van der Waals surface area contributed by atoms with Crippen LogP contribution in [0.4, 0.5) is 0 Å². The van der Waals surface area contributed by atoms with Crippen LogP contribution in [-0.4, -0.2) is 45.4 Å². The molecule has 0 spiro atoms. The van der Waals surface area contributed by atoms with E-state index in [-0.39, 0.29) is 17.3 Å². The Kier molecular flexibility index (Phi) is 3.51. The molecule has 2 aliphatic carbocycles. The van der Waals surface area contributed by atoms with Gasteiger partial charge in [0.2, 0.25) is 5.71 Å². The number of aromatic nitrogens is 1. The van der Waals surface area contributed by atoms with Gasteiger partial charge in [0.15, 0.2) is 5.78 Å². The van der Waals surface area contributed by atoms with Crippen LogP contribution in [-0.2, 0) is 4.79 Å². The van der Waals surface area contributed by atoms with Crippen molar-refractivity contribution < 1.29 is 19.6 Å². The molecule has 0 aromatic carbocycles. The Labute approximate surface area is 135 Å². The fourth-order valence-electron chi connectivity index (χ4n) is 3.21. The van der Waals surface area contributed by atoms with Crippen LogP contribution in [0.25, 0.3) is 5.57 Å². The highest BCUT2D eigenvalue weighted by molar-refractivity contribution is 6.29. The molecule has 2 aliphatic rings. The second-order valence-corrected chi connectivity index (χ2v) is 6.39. The van der Waals surface area contributed by atoms with E-state index >= 15 is 0 Å². The first-order valence-electron chi connectivity index (χ1n) is 7.58. The third kappa shape index (κ3) is 2.32. The van der Waals surface area contributed by atoms with Crippen molar-refractivity contribution in [3.63, 3.8) is 0 Å². The number of hydrogen-bond acceptors (Lipinski definition) is 3. The van der Waals surface area contributed by atoms with E-state index in [2.05, 4.69) is 4.98 Å². The summed E-state index contributed by atoms with van der Waals surface area (Å²) in [4.78, 5) is 15.7. The molecule has 0 aliphatic heterocycles. The molecule has 1 aromatic heterocycles. The number of hydrogen-bond donors (Lipinski definition) is 3. The molecular formula is C18H21N2O3+. The minimum absolute atomic E-state index is 0.0443. The van der Waals surface area contributed by atoms with Crippen LogP contribution in [0.2, 0.25) is 0 Å². The second-order valence-electron chi connectivity index (χ2n) is 6.39. The SMILES string of the molecule is Cc1cc(C)c(C2=C(O)C(C3C=CC(=[N+](C)C)C=C3O)C2=O)[nH]1. The van der Waals surface area contributed by atoms with Crippen LogP contribution in [0.1, 0.15) is 17.0 Å². The summed E-state index contributed by atoms with van der Waals surface area (Å²) in [6.07, 6.45) is 5.26. The van der Waals surface area contributed by atoms with E-state index in [0.29, 0.717) is 11.3 Å². The number of aliphatic hydroxyl groups is 2. The molecule has 3 N–H and O–H groups in total. The molecule has 0 fully saturated rings. The van der Waals surface area contributed by atoms with Gasteiger partial charge in [-0.15, -0.1) is 0 Å². The van der Waals surface area contributed by atoms with Gasteiger partial charge in [0.05, 0.1) is 23.1 Å². The summed E-state index contributed by atoms with van der Waals surface area (Å²) in [5, 5.41) is 20.7. The minimum Gasteiger partial charge on any atom is -0.511 e. The van der Waals surface area contributed by atoms with Gasteiger partial charge in [-0.2, -0.15) is 0 Å². The van der Waals surface area contributed by atoms with E-state index in [0.717, 1.165) is 17.0 Å². The van der Waals surface area contributed by atoms with E-state index < -0.39 is 11.8 Å². The van der Waals surface area contributed by atoms with Crippen LogP contribution in [0, 0.1) is 25.7 Å². The number of nitrogens with one attached hydrogen (secondary N) is 1. The zero-order valence-corrected chi connectivity index (χ0v) is 13.7. The van der Waals surface area contributed by atoms with Crippen LogP contribution in [0.15, 0.2) is 35.8 Å². The largest absolute Gasteiger partial charge is 0.511 e. The van der Waals surface area contributed by atoms with E-state index in [1.807, 2.05) is 44.7 Å². The Morgan fingerprint density at radius 1 is 1.22 bits per heavy atom. The third-order valence-electron chi connectivity index (χ3n) is 4.47. The Hall–Kier alpha value is -2.56. The number of aryl methyl sites for hydroxylation is 2. The van der Waals surface area contributed by atoms with Gasteiger partial charge in [0.25, 0.3) is 0 Å². The number of carbonyl (C=O) groups is 1. The number of aromatic amines is 1. The lowest BCUT2D eigenvalue weighted by Gasteiger charge is -2.33. The summed E-state index contributed by atoms with van der Waals surface area (Å²) >= 11 is 0. The summed E-state index contributed by atoms with van der Waals surface area (Å²) in [6, 6.07) is 1.94. The Morgan fingerprint density at radius 2 is 1.91 bits per heavy atom. The molecule has 0 radical (unpaired) electrons. The lowest BCUT2D eigenvalue weighted by Crippen LogP contribution is -2.37. The molecule has 120 valence electrons. The molecule has 1 heterocycles. The van der Waals surface area contributed by atoms with Crippen molar-refractivity contribution in [2.45, 2.75) is 13.8 Å². The van der Waals surface area contributed by atoms with Crippen molar-refractivity contribution >= 4 is 17.1 Å². The van der Waals surface area contributed by atoms with Gasteiger partial charge < -0.3 is 15.2 Å². The van der Waals surface area contributed by atoms with Crippen molar-refractivity contribution in [1.29, 1.82) is 0 Å². The number of carbonyl (C=O) groups excluding carboxylic acids is 1. The Bertz CT molecular complexity index is 817. The van der Waals surface area contributed by atoms with Gasteiger partial charge in [0, 0.05) is 17.8 Å². The molecule has 0 bridgehead atoms. The number of aliphatic hydroxyl groups excluding tert-OH is 2. The van der Waals surface area contributed by atoms with Crippen molar-refractivity contribution in [2.24, 2.45) is 11.8 Å². The first kappa shape index (κ1) is 15.3. The first-order valence-corrected chi connectivity index (χ1v) is 7.58. The Balaban J connectivity index is 1.95. The topological polar surface area (TPSA) is 76.3 Å². The maximum atomic E-state index is 12.6. The smallest absolute Gasteiger partial charge is 0.202 e. The van der Waals surface area contributed by atoms with Crippen molar-refractivity contribution in [3.05, 3.63) is 52.8 Å². The van der Waals surface area contributed by atoms with Gasteiger partial charge in [-0.3, -0.25) is 4.79 Å². The predicted molar refractivity (Wildman–Crippen MR) is 88.8 cm³/mol. The van der Waals surface area contributed by atoms with Gasteiger partial charge >= 0.3 is 0 Å². The van der Waals surface area contributed by atoms with Gasteiger partial charge in [0.1, 0.15) is 25.6 Å². The molecule has 2 atom stereocenters. The third-order valence-corrected chi connectivity index (χ3v) is 4.47. The normalized spacial score (nSPS) is 23.9. The fourth-order valence-corrected chi connectivity index (χ4v) is 3.21. The van der Waals surface area contributed by atoms with Gasteiger partial charge in [-0.05, 0) is 25.5 Å². The van der Waals surface area contributed by atoms with Crippen molar-refractivity contribution in [2.75, 3.05) is 14.1 Å². The fraction of sp³-hybridized carbons (Fsp3) is 0.333. The number of nitrogens with zero attached hydrogens (tertiary/aromatic N) is 1. The van der Waals surface area contributed by atoms with Crippen LogP contribution < -0.4 is 0 Å².